The Hall–Kier alpha value is -1.94. The maximum atomic E-state index is 12.8. The molecule has 3 amide bonds. The van der Waals surface area contributed by atoms with Gasteiger partial charge in [0.2, 0.25) is 27.7 Å². The predicted octanol–water partition coefficient (Wildman–Crippen LogP) is -0.496. The molecular formula is C19H30N4O5S. The van der Waals surface area contributed by atoms with E-state index in [-0.39, 0.29) is 11.8 Å². The zero-order valence-corrected chi connectivity index (χ0v) is 18.1. The van der Waals surface area contributed by atoms with E-state index in [2.05, 4.69) is 4.90 Å². The Balaban J connectivity index is 1.73. The highest BCUT2D eigenvalue weighted by Gasteiger charge is 2.56. The molecule has 0 bridgehead atoms. The lowest BCUT2D eigenvalue weighted by molar-refractivity contribution is -0.131. The van der Waals surface area contributed by atoms with Crippen LogP contribution in [-0.4, -0.2) is 103 Å². The average molecular weight is 427 g/mol. The molecule has 9 nitrogen and oxygen atoms in total. The van der Waals surface area contributed by atoms with Crippen LogP contribution in [0.25, 0.3) is 0 Å². The van der Waals surface area contributed by atoms with Gasteiger partial charge in [0, 0.05) is 44.9 Å². The zero-order valence-electron chi connectivity index (χ0n) is 17.3. The van der Waals surface area contributed by atoms with Crippen LogP contribution in [0.5, 0.6) is 0 Å². The van der Waals surface area contributed by atoms with E-state index in [9.17, 15) is 22.8 Å². The first-order chi connectivity index (χ1) is 13.6. The first-order valence-corrected chi connectivity index (χ1v) is 12.0. The first kappa shape index (κ1) is 21.8. The maximum Gasteiger partial charge on any atom is 0.247 e. The summed E-state index contributed by atoms with van der Waals surface area (Å²) in [4.78, 5) is 43.4. The highest BCUT2D eigenvalue weighted by atomic mass is 32.2. The Labute approximate surface area is 172 Å². The van der Waals surface area contributed by atoms with Gasteiger partial charge in [-0.3, -0.25) is 14.4 Å². The van der Waals surface area contributed by atoms with Crippen molar-refractivity contribution >= 4 is 27.7 Å². The predicted molar refractivity (Wildman–Crippen MR) is 107 cm³/mol. The van der Waals surface area contributed by atoms with Crippen molar-refractivity contribution in [3.8, 4) is 0 Å². The molecule has 29 heavy (non-hydrogen) atoms. The Morgan fingerprint density at radius 2 is 1.69 bits per heavy atom. The number of nitrogens with zero attached hydrogens (tertiary/aromatic N) is 4. The molecule has 0 aromatic rings. The lowest BCUT2D eigenvalue weighted by atomic mass is 9.94. The Kier molecular flexibility index (Phi) is 6.33. The third kappa shape index (κ3) is 4.32. The van der Waals surface area contributed by atoms with Crippen molar-refractivity contribution in [3.05, 3.63) is 12.2 Å². The quantitative estimate of drug-likeness (QED) is 0.550. The van der Waals surface area contributed by atoms with E-state index in [1.165, 1.54) is 12.2 Å². The number of likely N-dealkylation sites (N-methyl/N-ethyl adjacent to an activating group) is 1. The van der Waals surface area contributed by atoms with Crippen molar-refractivity contribution in [1.82, 2.24) is 19.0 Å². The minimum Gasteiger partial charge on any atom is -0.337 e. The Morgan fingerprint density at radius 1 is 1.07 bits per heavy atom. The number of likely N-dealkylation sites (tertiary alicyclic amines) is 1. The number of carbonyl (C=O) groups excluding carboxylic acids is 3. The van der Waals surface area contributed by atoms with Crippen molar-refractivity contribution in [3.63, 3.8) is 0 Å². The molecule has 3 heterocycles. The van der Waals surface area contributed by atoms with Crippen molar-refractivity contribution in [2.45, 2.75) is 38.3 Å². The van der Waals surface area contributed by atoms with Crippen LogP contribution in [0.3, 0.4) is 0 Å². The SMILES string of the molecule is CCCC1C(=O)N(S(C)(=O)=O)[C@@H]2CCN(C(=O)/C=C/C(=O)N3CCN(C)CC3)[C@@H]12. The van der Waals surface area contributed by atoms with Crippen molar-refractivity contribution in [2.75, 3.05) is 46.0 Å². The number of fused-ring (bicyclic) bond motifs is 1. The normalized spacial score (nSPS) is 28.4. The van der Waals surface area contributed by atoms with Crippen molar-refractivity contribution in [2.24, 2.45) is 5.92 Å². The van der Waals surface area contributed by atoms with Gasteiger partial charge in [-0.05, 0) is 19.9 Å². The van der Waals surface area contributed by atoms with E-state index in [4.69, 9.17) is 0 Å². The Bertz CT molecular complexity index is 803. The second kappa shape index (κ2) is 8.43. The summed E-state index contributed by atoms with van der Waals surface area (Å²) in [5.74, 6) is -1.48. The fraction of sp³-hybridized carbons (Fsp3) is 0.737. The molecular weight excluding hydrogens is 396 g/mol. The van der Waals surface area contributed by atoms with Crippen LogP contribution in [0, 0.1) is 5.92 Å². The molecule has 10 heteroatoms. The standard InChI is InChI=1S/C19H30N4O5S/c1-4-5-14-18-15(23(19(14)26)29(3,27)28)8-9-22(18)17(25)7-6-16(24)21-12-10-20(2)11-13-21/h6-7,14-15,18H,4-5,8-13H2,1-3H3/b7-6+/t14?,15-,18+/m1/s1. The molecule has 0 aromatic heterocycles. The molecule has 0 saturated carbocycles. The van der Waals surface area contributed by atoms with E-state index in [1.807, 2.05) is 14.0 Å². The van der Waals surface area contributed by atoms with Crippen LogP contribution in [-0.2, 0) is 24.4 Å². The molecule has 3 atom stereocenters. The van der Waals surface area contributed by atoms with E-state index in [1.54, 1.807) is 9.80 Å². The molecule has 1 unspecified atom stereocenters. The van der Waals surface area contributed by atoms with Crippen LogP contribution in [0.15, 0.2) is 12.2 Å². The highest BCUT2D eigenvalue weighted by molar-refractivity contribution is 7.88. The number of sulfonamides is 1. The van der Waals surface area contributed by atoms with Gasteiger partial charge < -0.3 is 14.7 Å². The van der Waals surface area contributed by atoms with Crippen molar-refractivity contribution < 1.29 is 22.8 Å². The summed E-state index contributed by atoms with van der Waals surface area (Å²) in [6.45, 7) is 5.15. The van der Waals surface area contributed by atoms with Gasteiger partial charge in [-0.1, -0.05) is 13.3 Å². The topological polar surface area (TPSA) is 98.3 Å². The van der Waals surface area contributed by atoms with Gasteiger partial charge in [0.15, 0.2) is 0 Å². The average Bonchev–Trinajstić information content (AvgIpc) is 3.18. The number of hydrogen-bond acceptors (Lipinski definition) is 6. The van der Waals surface area contributed by atoms with Gasteiger partial charge in [0.25, 0.3) is 0 Å². The van der Waals surface area contributed by atoms with E-state index < -0.39 is 33.9 Å². The fourth-order valence-electron chi connectivity index (χ4n) is 4.66. The van der Waals surface area contributed by atoms with E-state index in [0.29, 0.717) is 32.5 Å². The van der Waals surface area contributed by atoms with Crippen LogP contribution >= 0.6 is 0 Å². The van der Waals surface area contributed by atoms with Gasteiger partial charge in [0.1, 0.15) is 0 Å². The summed E-state index contributed by atoms with van der Waals surface area (Å²) in [5, 5.41) is 0. The second-order valence-corrected chi connectivity index (χ2v) is 9.99. The monoisotopic (exact) mass is 426 g/mol. The summed E-state index contributed by atoms with van der Waals surface area (Å²) in [7, 11) is -1.69. The summed E-state index contributed by atoms with van der Waals surface area (Å²) in [6, 6.07) is -0.979. The summed E-state index contributed by atoms with van der Waals surface area (Å²) >= 11 is 0. The third-order valence-electron chi connectivity index (χ3n) is 6.09. The first-order valence-electron chi connectivity index (χ1n) is 10.1. The van der Waals surface area contributed by atoms with Crippen LogP contribution < -0.4 is 0 Å². The summed E-state index contributed by atoms with van der Waals surface area (Å²) in [5.41, 5.74) is 0. The number of hydrogen-bond donors (Lipinski definition) is 0. The minimum absolute atomic E-state index is 0.201. The summed E-state index contributed by atoms with van der Waals surface area (Å²) in [6.07, 6.45) is 5.27. The lowest BCUT2D eigenvalue weighted by Crippen LogP contribution is -2.46. The largest absolute Gasteiger partial charge is 0.337 e. The number of rotatable bonds is 5. The smallest absolute Gasteiger partial charge is 0.247 e. The van der Waals surface area contributed by atoms with Gasteiger partial charge in [-0.25, -0.2) is 12.7 Å². The fourth-order valence-corrected chi connectivity index (χ4v) is 5.84. The molecule has 0 aromatic carbocycles. The van der Waals surface area contributed by atoms with Gasteiger partial charge in [-0.2, -0.15) is 0 Å². The molecule has 3 aliphatic heterocycles. The zero-order chi connectivity index (χ0) is 21.3. The van der Waals surface area contributed by atoms with Crippen LogP contribution in [0.2, 0.25) is 0 Å². The molecule has 0 spiro atoms. The van der Waals surface area contributed by atoms with Gasteiger partial charge >= 0.3 is 0 Å². The molecule has 0 aliphatic carbocycles. The van der Waals surface area contributed by atoms with E-state index in [0.717, 1.165) is 30.1 Å². The molecule has 162 valence electrons. The van der Waals surface area contributed by atoms with Gasteiger partial charge in [-0.15, -0.1) is 0 Å². The van der Waals surface area contributed by atoms with Crippen LogP contribution in [0.1, 0.15) is 26.2 Å². The Morgan fingerprint density at radius 3 is 2.28 bits per heavy atom. The maximum absolute atomic E-state index is 12.8. The number of carbonyl (C=O) groups is 3. The summed E-state index contributed by atoms with van der Waals surface area (Å²) < 4.78 is 25.3. The molecule has 3 rings (SSSR count). The lowest BCUT2D eigenvalue weighted by Gasteiger charge is -2.31. The second-order valence-electron chi connectivity index (χ2n) is 8.13. The molecule has 3 saturated heterocycles. The molecule has 0 N–H and O–H groups in total. The van der Waals surface area contributed by atoms with Crippen LogP contribution in [0.4, 0.5) is 0 Å². The third-order valence-corrected chi connectivity index (χ3v) is 7.26. The molecule has 3 aliphatic rings. The molecule has 3 fully saturated rings. The highest BCUT2D eigenvalue weighted by Crippen LogP contribution is 2.40. The van der Waals surface area contributed by atoms with Crippen molar-refractivity contribution in [1.29, 1.82) is 0 Å². The number of piperazine rings is 1. The minimum atomic E-state index is -3.69. The molecule has 0 radical (unpaired) electrons. The van der Waals surface area contributed by atoms with E-state index >= 15 is 0 Å². The van der Waals surface area contributed by atoms with Gasteiger partial charge in [0.05, 0.1) is 24.3 Å². The number of amides is 3.